The number of carbonyl (C=O) groups is 1. The van der Waals surface area contributed by atoms with Gasteiger partial charge in [0.1, 0.15) is 11.2 Å². The minimum Gasteiger partial charge on any atom is -0.451 e. The molecule has 0 saturated heterocycles. The van der Waals surface area contributed by atoms with E-state index in [1.165, 1.54) is 6.07 Å². The molecule has 136 valence electrons. The summed E-state index contributed by atoms with van der Waals surface area (Å²) in [4.78, 5) is 24.4. The SMILES string of the molecule is Cc1cc2oc(=O)cc(CNC(=O)c3cc4cc(Br)ccc4o3)c2cc1C. The van der Waals surface area contributed by atoms with Gasteiger partial charge in [0.2, 0.25) is 0 Å². The second kappa shape index (κ2) is 6.70. The van der Waals surface area contributed by atoms with Gasteiger partial charge in [0.25, 0.3) is 5.91 Å². The van der Waals surface area contributed by atoms with Crippen LogP contribution in [0.1, 0.15) is 27.2 Å². The third-order valence-corrected chi connectivity index (χ3v) is 5.08. The summed E-state index contributed by atoms with van der Waals surface area (Å²) >= 11 is 3.40. The lowest BCUT2D eigenvalue weighted by Gasteiger charge is -2.09. The highest BCUT2D eigenvalue weighted by Gasteiger charge is 2.14. The summed E-state index contributed by atoms with van der Waals surface area (Å²) in [6, 6.07) is 12.5. The summed E-state index contributed by atoms with van der Waals surface area (Å²) in [5.74, 6) is -0.116. The number of nitrogens with one attached hydrogen (secondary N) is 1. The number of hydrogen-bond donors (Lipinski definition) is 1. The standard InChI is InChI=1S/C21H16BrNO4/c1-11-5-16-14(9-20(24)27-18(16)6-12(11)2)10-23-21(25)19-8-13-7-15(22)3-4-17(13)26-19/h3-9H,10H2,1-2H3,(H,23,25). The highest BCUT2D eigenvalue weighted by atomic mass is 79.9. The maximum absolute atomic E-state index is 12.5. The van der Waals surface area contributed by atoms with Crippen LogP contribution >= 0.6 is 15.9 Å². The van der Waals surface area contributed by atoms with Crippen LogP contribution in [0.2, 0.25) is 0 Å². The first kappa shape index (κ1) is 17.5. The minimum atomic E-state index is -0.441. The van der Waals surface area contributed by atoms with E-state index in [2.05, 4.69) is 21.2 Å². The van der Waals surface area contributed by atoms with Crippen molar-refractivity contribution >= 4 is 43.8 Å². The van der Waals surface area contributed by atoms with Crippen LogP contribution in [0.25, 0.3) is 21.9 Å². The number of hydrogen-bond acceptors (Lipinski definition) is 4. The molecular weight excluding hydrogens is 410 g/mol. The Morgan fingerprint density at radius 3 is 2.59 bits per heavy atom. The molecule has 0 fully saturated rings. The van der Waals surface area contributed by atoms with Gasteiger partial charge < -0.3 is 14.2 Å². The molecule has 0 aliphatic heterocycles. The van der Waals surface area contributed by atoms with Gasteiger partial charge in [-0.2, -0.15) is 0 Å². The Bertz CT molecular complexity index is 1250. The third-order valence-electron chi connectivity index (χ3n) is 4.59. The number of furan rings is 1. The number of halogens is 1. The van der Waals surface area contributed by atoms with Crippen LogP contribution in [-0.4, -0.2) is 5.91 Å². The van der Waals surface area contributed by atoms with Crippen LogP contribution in [0.4, 0.5) is 0 Å². The fourth-order valence-corrected chi connectivity index (χ4v) is 3.40. The van der Waals surface area contributed by atoms with E-state index in [0.29, 0.717) is 16.7 Å². The molecule has 0 aliphatic carbocycles. The smallest absolute Gasteiger partial charge is 0.336 e. The lowest BCUT2D eigenvalue weighted by atomic mass is 10.0. The first-order chi connectivity index (χ1) is 12.9. The van der Waals surface area contributed by atoms with Crippen molar-refractivity contribution in [1.29, 1.82) is 0 Å². The summed E-state index contributed by atoms with van der Waals surface area (Å²) in [6.07, 6.45) is 0. The van der Waals surface area contributed by atoms with E-state index in [1.807, 2.05) is 38.1 Å². The maximum Gasteiger partial charge on any atom is 0.336 e. The Balaban J connectivity index is 1.63. The van der Waals surface area contributed by atoms with Crippen LogP contribution in [0.3, 0.4) is 0 Å². The molecule has 0 unspecified atom stereocenters. The topological polar surface area (TPSA) is 72.5 Å². The van der Waals surface area contributed by atoms with Crippen molar-refractivity contribution in [2.75, 3.05) is 0 Å². The van der Waals surface area contributed by atoms with E-state index in [1.54, 1.807) is 12.1 Å². The van der Waals surface area contributed by atoms with Crippen molar-refractivity contribution in [3.05, 3.63) is 79.8 Å². The molecular formula is C21H16BrNO4. The average molecular weight is 426 g/mol. The Hall–Kier alpha value is -2.86. The summed E-state index contributed by atoms with van der Waals surface area (Å²) < 4.78 is 11.8. The minimum absolute atomic E-state index is 0.199. The molecule has 0 saturated carbocycles. The van der Waals surface area contributed by atoms with Gasteiger partial charge in [0, 0.05) is 27.9 Å². The lowest BCUT2D eigenvalue weighted by Crippen LogP contribution is -2.23. The van der Waals surface area contributed by atoms with Gasteiger partial charge in [0.05, 0.1) is 0 Å². The van der Waals surface area contributed by atoms with Crippen LogP contribution in [0.15, 0.2) is 60.6 Å². The molecule has 0 spiro atoms. The zero-order valence-corrected chi connectivity index (χ0v) is 16.3. The predicted octanol–water partition coefficient (Wildman–Crippen LogP) is 4.85. The molecule has 5 nitrogen and oxygen atoms in total. The van der Waals surface area contributed by atoms with Gasteiger partial charge in [-0.05, 0) is 66.9 Å². The first-order valence-electron chi connectivity index (χ1n) is 8.42. The molecule has 0 radical (unpaired) electrons. The van der Waals surface area contributed by atoms with E-state index < -0.39 is 5.63 Å². The molecule has 27 heavy (non-hydrogen) atoms. The molecule has 0 bridgehead atoms. The number of fused-ring (bicyclic) bond motifs is 2. The zero-order valence-electron chi connectivity index (χ0n) is 14.8. The van der Waals surface area contributed by atoms with E-state index in [9.17, 15) is 9.59 Å². The number of carbonyl (C=O) groups excluding carboxylic acids is 1. The fraction of sp³-hybridized carbons (Fsp3) is 0.143. The largest absolute Gasteiger partial charge is 0.451 e. The second-order valence-electron chi connectivity index (χ2n) is 6.50. The number of rotatable bonds is 3. The monoisotopic (exact) mass is 425 g/mol. The summed E-state index contributed by atoms with van der Waals surface area (Å²) in [5.41, 5.74) is 3.55. The summed E-state index contributed by atoms with van der Waals surface area (Å²) in [7, 11) is 0. The molecule has 0 atom stereocenters. The molecule has 2 heterocycles. The third kappa shape index (κ3) is 3.40. The van der Waals surface area contributed by atoms with Gasteiger partial charge in [-0.1, -0.05) is 15.9 Å². The van der Waals surface area contributed by atoms with Gasteiger partial charge >= 0.3 is 5.63 Å². The number of aryl methyl sites for hydroxylation is 2. The normalized spacial score (nSPS) is 11.2. The summed E-state index contributed by atoms with van der Waals surface area (Å²) in [5, 5.41) is 4.47. The Morgan fingerprint density at radius 1 is 1.00 bits per heavy atom. The Morgan fingerprint density at radius 2 is 1.78 bits per heavy atom. The lowest BCUT2D eigenvalue weighted by molar-refractivity contribution is 0.0925. The van der Waals surface area contributed by atoms with E-state index in [0.717, 1.165) is 26.4 Å². The molecule has 2 aromatic heterocycles. The average Bonchev–Trinajstić information content (AvgIpc) is 3.04. The molecule has 4 aromatic rings. The summed E-state index contributed by atoms with van der Waals surface area (Å²) in [6.45, 7) is 4.15. The van der Waals surface area contributed by atoms with Crippen LogP contribution in [0, 0.1) is 13.8 Å². The second-order valence-corrected chi connectivity index (χ2v) is 7.41. The molecule has 4 rings (SSSR count). The Labute approximate surface area is 163 Å². The molecule has 0 aliphatic rings. The van der Waals surface area contributed by atoms with Crippen molar-refractivity contribution < 1.29 is 13.6 Å². The van der Waals surface area contributed by atoms with Crippen molar-refractivity contribution in [3.8, 4) is 0 Å². The van der Waals surface area contributed by atoms with Gasteiger partial charge in [-0.15, -0.1) is 0 Å². The molecule has 1 N–H and O–H groups in total. The van der Waals surface area contributed by atoms with E-state index >= 15 is 0 Å². The van der Waals surface area contributed by atoms with E-state index in [4.69, 9.17) is 8.83 Å². The molecule has 1 amide bonds. The van der Waals surface area contributed by atoms with Crippen LogP contribution in [-0.2, 0) is 6.54 Å². The molecule has 6 heteroatoms. The van der Waals surface area contributed by atoms with Crippen molar-refractivity contribution in [2.24, 2.45) is 0 Å². The van der Waals surface area contributed by atoms with Gasteiger partial charge in [0.15, 0.2) is 5.76 Å². The molecule has 2 aromatic carbocycles. The van der Waals surface area contributed by atoms with Crippen molar-refractivity contribution in [1.82, 2.24) is 5.32 Å². The quantitative estimate of drug-likeness (QED) is 0.476. The maximum atomic E-state index is 12.5. The highest BCUT2D eigenvalue weighted by molar-refractivity contribution is 9.10. The first-order valence-corrected chi connectivity index (χ1v) is 9.21. The van der Waals surface area contributed by atoms with Gasteiger partial charge in [-0.25, -0.2) is 4.79 Å². The van der Waals surface area contributed by atoms with Crippen LogP contribution in [0.5, 0.6) is 0 Å². The van der Waals surface area contributed by atoms with Crippen molar-refractivity contribution in [2.45, 2.75) is 20.4 Å². The fourth-order valence-electron chi connectivity index (χ4n) is 3.02. The number of amides is 1. The highest BCUT2D eigenvalue weighted by Crippen LogP contribution is 2.24. The Kier molecular flexibility index (Phi) is 4.36. The van der Waals surface area contributed by atoms with E-state index in [-0.39, 0.29) is 18.2 Å². The predicted molar refractivity (Wildman–Crippen MR) is 107 cm³/mol. The van der Waals surface area contributed by atoms with Crippen molar-refractivity contribution in [3.63, 3.8) is 0 Å². The number of benzene rings is 2. The van der Waals surface area contributed by atoms with Gasteiger partial charge in [-0.3, -0.25) is 4.79 Å². The zero-order chi connectivity index (χ0) is 19.1. The van der Waals surface area contributed by atoms with Crippen LogP contribution < -0.4 is 10.9 Å².